The van der Waals surface area contributed by atoms with E-state index in [4.69, 9.17) is 0 Å². The van der Waals surface area contributed by atoms with E-state index in [1.807, 2.05) is 23.1 Å². The van der Waals surface area contributed by atoms with Crippen LogP contribution in [0.4, 0.5) is 5.69 Å². The largest absolute Gasteiger partial charge is 0.368 e. The van der Waals surface area contributed by atoms with Crippen LogP contribution in [0.2, 0.25) is 0 Å². The molecule has 0 aromatic heterocycles. The van der Waals surface area contributed by atoms with Crippen LogP contribution in [0.25, 0.3) is 0 Å². The number of rotatable bonds is 4. The first-order valence-electron chi connectivity index (χ1n) is 10.2. The molecule has 0 spiro atoms. The van der Waals surface area contributed by atoms with Crippen molar-refractivity contribution in [2.24, 2.45) is 0 Å². The van der Waals surface area contributed by atoms with Crippen LogP contribution in [-0.2, 0) is 14.8 Å². The molecule has 2 aromatic carbocycles. The molecule has 2 aliphatic rings. The van der Waals surface area contributed by atoms with Gasteiger partial charge in [0.05, 0.1) is 4.90 Å². The van der Waals surface area contributed by atoms with Gasteiger partial charge in [-0.3, -0.25) is 4.79 Å². The highest BCUT2D eigenvalue weighted by Gasteiger charge is 2.39. The van der Waals surface area contributed by atoms with E-state index in [0.29, 0.717) is 26.1 Å². The number of piperidine rings is 1. The van der Waals surface area contributed by atoms with Crippen molar-refractivity contribution in [1.29, 1.82) is 0 Å². The smallest absolute Gasteiger partial charge is 0.243 e. The maximum Gasteiger partial charge on any atom is 0.243 e. The summed E-state index contributed by atoms with van der Waals surface area (Å²) in [5, 5.41) is 0. The van der Waals surface area contributed by atoms with Crippen molar-refractivity contribution in [1.82, 2.24) is 9.21 Å². The van der Waals surface area contributed by atoms with E-state index in [9.17, 15) is 13.2 Å². The second-order valence-corrected chi connectivity index (χ2v) is 9.48. The van der Waals surface area contributed by atoms with Gasteiger partial charge in [-0.05, 0) is 37.1 Å². The van der Waals surface area contributed by atoms with Gasteiger partial charge in [-0.25, -0.2) is 8.42 Å². The number of carbonyl (C=O) groups is 1. The Morgan fingerprint density at radius 3 is 2.07 bits per heavy atom. The third-order valence-electron chi connectivity index (χ3n) is 5.80. The van der Waals surface area contributed by atoms with E-state index in [0.717, 1.165) is 31.6 Å². The number of para-hydroxylation sites is 1. The first kappa shape index (κ1) is 19.9. The molecule has 6 nitrogen and oxygen atoms in total. The van der Waals surface area contributed by atoms with Gasteiger partial charge >= 0.3 is 0 Å². The zero-order valence-electron chi connectivity index (χ0n) is 16.5. The highest BCUT2D eigenvalue weighted by Crippen LogP contribution is 2.27. The van der Waals surface area contributed by atoms with E-state index in [1.54, 1.807) is 30.3 Å². The van der Waals surface area contributed by atoms with Crippen LogP contribution in [-0.4, -0.2) is 62.3 Å². The third-order valence-corrected chi connectivity index (χ3v) is 7.72. The quantitative estimate of drug-likeness (QED) is 0.773. The molecular formula is C22H27N3O3S. The van der Waals surface area contributed by atoms with Gasteiger partial charge in [0.15, 0.2) is 0 Å². The van der Waals surface area contributed by atoms with Crippen LogP contribution < -0.4 is 4.90 Å². The highest BCUT2D eigenvalue weighted by atomic mass is 32.2. The third kappa shape index (κ3) is 4.16. The lowest BCUT2D eigenvalue weighted by molar-refractivity contribution is -0.136. The SMILES string of the molecule is O=C(C1CCCCN1S(=O)(=O)c1ccccc1)N1CCN(c2ccccc2)CC1. The van der Waals surface area contributed by atoms with Crippen LogP contribution in [0, 0.1) is 0 Å². The minimum atomic E-state index is -3.67. The molecular weight excluding hydrogens is 386 g/mol. The zero-order valence-corrected chi connectivity index (χ0v) is 17.3. The van der Waals surface area contributed by atoms with E-state index < -0.39 is 16.1 Å². The van der Waals surface area contributed by atoms with Gasteiger partial charge in [-0.1, -0.05) is 42.8 Å². The molecule has 0 saturated carbocycles. The summed E-state index contributed by atoms with van der Waals surface area (Å²) in [7, 11) is -3.67. The molecule has 2 fully saturated rings. The Morgan fingerprint density at radius 1 is 0.793 bits per heavy atom. The van der Waals surface area contributed by atoms with E-state index in [2.05, 4.69) is 17.0 Å². The number of anilines is 1. The minimum absolute atomic E-state index is 0.0584. The van der Waals surface area contributed by atoms with Crippen molar-refractivity contribution in [3.05, 3.63) is 60.7 Å². The fourth-order valence-electron chi connectivity index (χ4n) is 4.20. The van der Waals surface area contributed by atoms with Gasteiger partial charge in [0.1, 0.15) is 6.04 Å². The Morgan fingerprint density at radius 2 is 1.41 bits per heavy atom. The van der Waals surface area contributed by atoms with E-state index in [-0.39, 0.29) is 10.8 Å². The Bertz CT molecular complexity index is 926. The summed E-state index contributed by atoms with van der Waals surface area (Å²) in [5.74, 6) is -0.0584. The van der Waals surface area contributed by atoms with Crippen molar-refractivity contribution < 1.29 is 13.2 Å². The van der Waals surface area contributed by atoms with Gasteiger partial charge in [-0.15, -0.1) is 0 Å². The van der Waals surface area contributed by atoms with Crippen molar-refractivity contribution in [2.45, 2.75) is 30.2 Å². The number of hydrogen-bond acceptors (Lipinski definition) is 4. The maximum absolute atomic E-state index is 13.3. The summed E-state index contributed by atoms with van der Waals surface area (Å²) < 4.78 is 27.8. The molecule has 0 bridgehead atoms. The van der Waals surface area contributed by atoms with E-state index in [1.165, 1.54) is 4.31 Å². The Hall–Kier alpha value is -2.38. The average molecular weight is 414 g/mol. The summed E-state index contributed by atoms with van der Waals surface area (Å²) in [6.07, 6.45) is 2.25. The van der Waals surface area contributed by atoms with Crippen molar-refractivity contribution in [3.63, 3.8) is 0 Å². The number of amides is 1. The lowest BCUT2D eigenvalue weighted by atomic mass is 10.0. The van der Waals surface area contributed by atoms with Gasteiger partial charge in [0, 0.05) is 38.4 Å². The molecule has 7 heteroatoms. The molecule has 29 heavy (non-hydrogen) atoms. The van der Waals surface area contributed by atoms with Crippen LogP contribution in [0.5, 0.6) is 0 Å². The van der Waals surface area contributed by atoms with Crippen LogP contribution >= 0.6 is 0 Å². The molecule has 1 atom stereocenters. The Labute approximate surface area is 172 Å². The summed E-state index contributed by atoms with van der Waals surface area (Å²) in [6.45, 7) is 3.15. The standard InChI is InChI=1S/C22H27N3O3S/c26-22(24-17-15-23(16-18-24)19-9-3-1-4-10-19)21-13-7-8-14-25(21)29(27,28)20-11-5-2-6-12-20/h1-6,9-12,21H,7-8,13-18H2. The fraction of sp³-hybridized carbons (Fsp3) is 0.409. The predicted octanol–water partition coefficient (Wildman–Crippen LogP) is 2.58. The molecule has 2 heterocycles. The summed E-state index contributed by atoms with van der Waals surface area (Å²) >= 11 is 0. The molecule has 2 aliphatic heterocycles. The lowest BCUT2D eigenvalue weighted by Gasteiger charge is -2.40. The van der Waals surface area contributed by atoms with Crippen molar-refractivity contribution in [3.8, 4) is 0 Å². The molecule has 2 aromatic rings. The van der Waals surface area contributed by atoms with Crippen molar-refractivity contribution >= 4 is 21.6 Å². The second kappa shape index (κ2) is 8.55. The van der Waals surface area contributed by atoms with Gasteiger partial charge in [-0.2, -0.15) is 4.31 Å². The number of sulfonamides is 1. The normalized spacial score (nSPS) is 21.2. The van der Waals surface area contributed by atoms with E-state index >= 15 is 0 Å². The minimum Gasteiger partial charge on any atom is -0.368 e. The Balaban J connectivity index is 1.47. The number of carbonyl (C=O) groups excluding carboxylic acids is 1. The number of hydrogen-bond donors (Lipinski definition) is 0. The van der Waals surface area contributed by atoms with Crippen LogP contribution in [0.15, 0.2) is 65.6 Å². The number of benzene rings is 2. The molecule has 0 aliphatic carbocycles. The molecule has 1 amide bonds. The monoisotopic (exact) mass is 413 g/mol. The lowest BCUT2D eigenvalue weighted by Crippen LogP contribution is -2.57. The topological polar surface area (TPSA) is 60.9 Å². The number of nitrogens with zero attached hydrogens (tertiary/aromatic N) is 3. The molecule has 1 unspecified atom stereocenters. The van der Waals surface area contributed by atoms with Gasteiger partial charge < -0.3 is 9.80 Å². The zero-order chi connectivity index (χ0) is 20.3. The predicted molar refractivity (Wildman–Crippen MR) is 113 cm³/mol. The molecule has 0 N–H and O–H groups in total. The summed E-state index contributed by atoms with van der Waals surface area (Å²) in [6, 6.07) is 18.0. The van der Waals surface area contributed by atoms with Gasteiger partial charge in [0.2, 0.25) is 15.9 Å². The molecule has 2 saturated heterocycles. The first-order valence-corrected chi connectivity index (χ1v) is 11.7. The average Bonchev–Trinajstić information content (AvgIpc) is 2.80. The van der Waals surface area contributed by atoms with Crippen LogP contribution in [0.1, 0.15) is 19.3 Å². The highest BCUT2D eigenvalue weighted by molar-refractivity contribution is 7.89. The Kier molecular flexibility index (Phi) is 5.87. The fourth-order valence-corrected chi connectivity index (χ4v) is 5.87. The van der Waals surface area contributed by atoms with Gasteiger partial charge in [0.25, 0.3) is 0 Å². The van der Waals surface area contributed by atoms with Crippen LogP contribution in [0.3, 0.4) is 0 Å². The second-order valence-electron chi connectivity index (χ2n) is 7.59. The number of piperazine rings is 1. The molecule has 0 radical (unpaired) electrons. The summed E-state index contributed by atoms with van der Waals surface area (Å²) in [5.41, 5.74) is 1.16. The summed E-state index contributed by atoms with van der Waals surface area (Å²) in [4.78, 5) is 17.6. The van der Waals surface area contributed by atoms with Crippen molar-refractivity contribution in [2.75, 3.05) is 37.6 Å². The maximum atomic E-state index is 13.3. The first-order chi connectivity index (χ1) is 14.1. The molecule has 4 rings (SSSR count). The molecule has 154 valence electrons.